The van der Waals surface area contributed by atoms with Crippen LogP contribution in [0.2, 0.25) is 0 Å². The summed E-state index contributed by atoms with van der Waals surface area (Å²) in [6.07, 6.45) is 3.36. The topological polar surface area (TPSA) is 51.2 Å². The fraction of sp³-hybridized carbons (Fsp3) is 0.182. The Kier molecular flexibility index (Phi) is 5.72. The third-order valence-electron chi connectivity index (χ3n) is 4.29. The van der Waals surface area contributed by atoms with Crippen LogP contribution >= 0.6 is 11.3 Å². The van der Waals surface area contributed by atoms with E-state index in [1.54, 1.807) is 7.11 Å². The van der Waals surface area contributed by atoms with Gasteiger partial charge >= 0.3 is 0 Å². The van der Waals surface area contributed by atoms with Crippen LogP contribution in [0.5, 0.6) is 5.75 Å². The Labute approximate surface area is 163 Å². The third-order valence-corrected chi connectivity index (χ3v) is 5.04. The highest BCUT2D eigenvalue weighted by Gasteiger charge is 2.07. The van der Waals surface area contributed by atoms with Gasteiger partial charge in [0.05, 0.1) is 12.8 Å². The lowest BCUT2D eigenvalue weighted by Gasteiger charge is -2.08. The molecule has 0 saturated heterocycles. The van der Waals surface area contributed by atoms with Crippen molar-refractivity contribution in [1.29, 1.82) is 0 Å². The zero-order valence-corrected chi connectivity index (χ0v) is 16.7. The van der Waals surface area contributed by atoms with Gasteiger partial charge in [0.2, 0.25) is 5.91 Å². The van der Waals surface area contributed by atoms with Crippen molar-refractivity contribution in [2.45, 2.75) is 20.8 Å². The van der Waals surface area contributed by atoms with E-state index >= 15 is 0 Å². The number of aryl methyl sites for hydroxylation is 3. The van der Waals surface area contributed by atoms with Gasteiger partial charge < -0.3 is 4.74 Å². The van der Waals surface area contributed by atoms with Gasteiger partial charge in [0.25, 0.3) is 0 Å². The average molecular weight is 378 g/mol. The molecule has 2 aromatic carbocycles. The highest BCUT2D eigenvalue weighted by atomic mass is 32.1. The fourth-order valence-corrected chi connectivity index (χ4v) is 3.53. The van der Waals surface area contributed by atoms with E-state index in [0.717, 1.165) is 33.7 Å². The molecule has 1 amide bonds. The summed E-state index contributed by atoms with van der Waals surface area (Å²) >= 11 is 1.42. The van der Waals surface area contributed by atoms with Gasteiger partial charge in [0.15, 0.2) is 5.13 Å². The lowest BCUT2D eigenvalue weighted by molar-refractivity contribution is -0.111. The summed E-state index contributed by atoms with van der Waals surface area (Å²) in [6, 6.07) is 12.1. The quantitative estimate of drug-likeness (QED) is 0.605. The molecule has 138 valence electrons. The molecule has 3 rings (SSSR count). The first kappa shape index (κ1) is 18.9. The highest BCUT2D eigenvalue weighted by molar-refractivity contribution is 7.14. The van der Waals surface area contributed by atoms with Crippen molar-refractivity contribution in [3.8, 4) is 17.0 Å². The minimum atomic E-state index is -0.200. The van der Waals surface area contributed by atoms with E-state index in [9.17, 15) is 4.79 Å². The molecule has 0 spiro atoms. The number of anilines is 1. The molecule has 4 nitrogen and oxygen atoms in total. The van der Waals surface area contributed by atoms with Gasteiger partial charge in [-0.05, 0) is 55.7 Å². The van der Waals surface area contributed by atoms with Crippen LogP contribution in [0.4, 0.5) is 5.13 Å². The predicted octanol–water partition coefficient (Wildman–Crippen LogP) is 5.40. The monoisotopic (exact) mass is 378 g/mol. The van der Waals surface area contributed by atoms with Crippen molar-refractivity contribution in [2.75, 3.05) is 12.4 Å². The number of carbonyl (C=O) groups is 1. The van der Waals surface area contributed by atoms with Crippen molar-refractivity contribution in [3.05, 3.63) is 70.1 Å². The smallest absolute Gasteiger partial charge is 0.250 e. The van der Waals surface area contributed by atoms with E-state index < -0.39 is 0 Å². The molecule has 0 aliphatic heterocycles. The Balaban J connectivity index is 1.70. The summed E-state index contributed by atoms with van der Waals surface area (Å²) < 4.78 is 5.27. The van der Waals surface area contributed by atoms with Gasteiger partial charge in [-0.15, -0.1) is 11.3 Å². The van der Waals surface area contributed by atoms with Crippen LogP contribution in [0, 0.1) is 20.8 Å². The number of benzene rings is 2. The number of carbonyl (C=O) groups excluding carboxylic acids is 1. The van der Waals surface area contributed by atoms with E-state index in [4.69, 9.17) is 4.74 Å². The Morgan fingerprint density at radius 3 is 2.41 bits per heavy atom. The molecule has 3 aromatic rings. The molecule has 0 radical (unpaired) electrons. The first-order valence-corrected chi connectivity index (χ1v) is 9.51. The number of thiazole rings is 1. The number of nitrogens with zero attached hydrogens (tertiary/aromatic N) is 1. The van der Waals surface area contributed by atoms with Crippen LogP contribution < -0.4 is 10.1 Å². The normalized spacial score (nSPS) is 11.0. The van der Waals surface area contributed by atoms with Crippen LogP contribution in [0.1, 0.15) is 22.3 Å². The highest BCUT2D eigenvalue weighted by Crippen LogP contribution is 2.26. The van der Waals surface area contributed by atoms with Crippen molar-refractivity contribution < 1.29 is 9.53 Å². The van der Waals surface area contributed by atoms with Crippen molar-refractivity contribution >= 4 is 28.5 Å². The minimum absolute atomic E-state index is 0.200. The van der Waals surface area contributed by atoms with Crippen molar-refractivity contribution in [3.63, 3.8) is 0 Å². The van der Waals surface area contributed by atoms with Crippen LogP contribution in [0.25, 0.3) is 17.3 Å². The molecule has 0 fully saturated rings. The Morgan fingerprint density at radius 1 is 1.11 bits per heavy atom. The molecule has 1 aromatic heterocycles. The minimum Gasteiger partial charge on any atom is -0.497 e. The maximum Gasteiger partial charge on any atom is 0.250 e. The molecule has 5 heteroatoms. The molecule has 0 unspecified atom stereocenters. The maximum atomic E-state index is 12.3. The summed E-state index contributed by atoms with van der Waals surface area (Å²) in [7, 11) is 1.65. The molecule has 1 heterocycles. The molecule has 0 atom stereocenters. The van der Waals surface area contributed by atoms with Gasteiger partial charge in [-0.3, -0.25) is 10.1 Å². The first-order valence-electron chi connectivity index (χ1n) is 8.63. The summed E-state index contributed by atoms with van der Waals surface area (Å²) in [5, 5.41) is 5.36. The second-order valence-electron chi connectivity index (χ2n) is 6.40. The van der Waals surface area contributed by atoms with Gasteiger partial charge in [0.1, 0.15) is 5.75 Å². The van der Waals surface area contributed by atoms with Gasteiger partial charge in [0, 0.05) is 17.0 Å². The molecule has 0 aliphatic rings. The molecule has 1 N–H and O–H groups in total. The Bertz CT molecular complexity index is 965. The van der Waals surface area contributed by atoms with Crippen LogP contribution in [0.3, 0.4) is 0 Å². The number of methoxy groups -OCH3 is 1. The van der Waals surface area contributed by atoms with Crippen molar-refractivity contribution in [2.24, 2.45) is 0 Å². The predicted molar refractivity (Wildman–Crippen MR) is 112 cm³/mol. The van der Waals surface area contributed by atoms with Crippen LogP contribution in [0.15, 0.2) is 47.9 Å². The number of aromatic nitrogens is 1. The molecule has 27 heavy (non-hydrogen) atoms. The Hall–Kier alpha value is -2.92. The molecule has 0 saturated carbocycles. The zero-order valence-electron chi connectivity index (χ0n) is 15.9. The average Bonchev–Trinajstić information content (AvgIpc) is 3.09. The van der Waals surface area contributed by atoms with Gasteiger partial charge in [-0.25, -0.2) is 4.98 Å². The second kappa shape index (κ2) is 8.18. The molecular weight excluding hydrogens is 356 g/mol. The maximum absolute atomic E-state index is 12.3. The lowest BCUT2D eigenvalue weighted by Crippen LogP contribution is -2.07. The zero-order chi connectivity index (χ0) is 19.4. The molecular formula is C22H22N2O2S. The van der Waals surface area contributed by atoms with Gasteiger partial charge in [-0.2, -0.15) is 0 Å². The summed E-state index contributed by atoms with van der Waals surface area (Å²) in [5.41, 5.74) is 6.25. The van der Waals surface area contributed by atoms with Crippen LogP contribution in [-0.4, -0.2) is 18.0 Å². The number of hydrogen-bond donors (Lipinski definition) is 1. The Morgan fingerprint density at radius 2 is 1.78 bits per heavy atom. The fourth-order valence-electron chi connectivity index (χ4n) is 2.81. The van der Waals surface area contributed by atoms with Gasteiger partial charge in [-0.1, -0.05) is 29.8 Å². The molecule has 0 aliphatic carbocycles. The SMILES string of the molecule is COc1cc(C)c(/C=C/C(=O)Nc2nc(-c3ccc(C)cc3)cs2)c(C)c1. The second-order valence-corrected chi connectivity index (χ2v) is 7.26. The van der Waals surface area contributed by atoms with E-state index in [-0.39, 0.29) is 5.91 Å². The van der Waals surface area contributed by atoms with E-state index in [1.807, 2.05) is 49.6 Å². The van der Waals surface area contributed by atoms with E-state index in [1.165, 1.54) is 23.0 Å². The van der Waals surface area contributed by atoms with Crippen molar-refractivity contribution in [1.82, 2.24) is 4.98 Å². The number of rotatable bonds is 5. The van der Waals surface area contributed by atoms with Crippen LogP contribution in [-0.2, 0) is 4.79 Å². The van der Waals surface area contributed by atoms with E-state index in [2.05, 4.69) is 29.4 Å². The summed E-state index contributed by atoms with van der Waals surface area (Å²) in [4.78, 5) is 16.8. The number of amides is 1. The standard InChI is InChI=1S/C22H22N2O2S/c1-14-5-7-17(8-6-14)20-13-27-22(23-20)24-21(25)10-9-19-15(2)11-18(26-4)12-16(19)3/h5-13H,1-4H3,(H,23,24,25)/b10-9+. The number of hydrogen-bond acceptors (Lipinski definition) is 4. The summed E-state index contributed by atoms with van der Waals surface area (Å²) in [5.74, 6) is 0.618. The number of nitrogens with one attached hydrogen (secondary N) is 1. The number of ether oxygens (including phenoxy) is 1. The first-order chi connectivity index (χ1) is 13.0. The molecule has 0 bridgehead atoms. The van der Waals surface area contributed by atoms with E-state index in [0.29, 0.717) is 5.13 Å². The lowest BCUT2D eigenvalue weighted by atomic mass is 10.0. The summed E-state index contributed by atoms with van der Waals surface area (Å²) in [6.45, 7) is 6.05. The third kappa shape index (κ3) is 4.63. The largest absolute Gasteiger partial charge is 0.497 e.